The maximum absolute atomic E-state index is 9.78. The van der Waals surface area contributed by atoms with Crippen molar-refractivity contribution in [3.8, 4) is 0 Å². The molecule has 2 unspecified atom stereocenters. The summed E-state index contributed by atoms with van der Waals surface area (Å²) in [6.07, 6.45) is 0. The van der Waals surface area contributed by atoms with E-state index in [9.17, 15) is 18.9 Å². The summed E-state index contributed by atoms with van der Waals surface area (Å²) in [5.74, 6) is 0. The van der Waals surface area contributed by atoms with Crippen LogP contribution in [0.5, 0.6) is 0 Å². The van der Waals surface area contributed by atoms with Crippen molar-refractivity contribution in [1.29, 1.82) is 0 Å². The van der Waals surface area contributed by atoms with Gasteiger partial charge in [0.15, 0.2) is 20.8 Å². The van der Waals surface area contributed by atoms with Crippen LogP contribution >= 0.6 is 15.2 Å². The molecule has 0 aliphatic carbocycles. The molecule has 0 aromatic heterocycles. The van der Waals surface area contributed by atoms with Gasteiger partial charge in [-0.25, -0.2) is 0 Å². The second kappa shape index (κ2) is 2.71. The van der Waals surface area contributed by atoms with Crippen LogP contribution in [0.4, 0.5) is 0 Å². The van der Waals surface area contributed by atoms with E-state index in [0.29, 0.717) is 0 Å². The second-order valence-corrected chi connectivity index (χ2v) is 5.12. The Morgan fingerprint density at radius 1 is 1.10 bits per heavy atom. The zero-order chi connectivity index (χ0) is 8.58. The number of rotatable bonds is 2. The third kappa shape index (κ3) is 2.90. The molecule has 0 radical (unpaired) electrons. The van der Waals surface area contributed by atoms with Crippen LogP contribution in [0.3, 0.4) is 0 Å². The van der Waals surface area contributed by atoms with Gasteiger partial charge in [0.25, 0.3) is 0 Å². The molecule has 0 amide bonds. The molecule has 0 aliphatic heterocycles. The molecule has 0 heterocycles. The second-order valence-electron chi connectivity index (χ2n) is 1.47. The van der Waals surface area contributed by atoms with E-state index in [-0.39, 0.29) is 0 Å². The largest absolute Gasteiger partial charge is 0.776 e. The molecule has 7 nitrogen and oxygen atoms in total. The fraction of sp³-hybridized carbons (Fsp3) is 1.00. The van der Waals surface area contributed by atoms with Crippen molar-refractivity contribution >= 4 is 15.2 Å². The molecule has 0 bridgehead atoms. The maximum Gasteiger partial charge on any atom is 0.181 e. The van der Waals surface area contributed by atoms with E-state index in [1.165, 1.54) is 0 Å². The van der Waals surface area contributed by atoms with Crippen molar-refractivity contribution in [3.05, 3.63) is 0 Å². The highest BCUT2D eigenvalue weighted by Gasteiger charge is 2.26. The normalized spacial score (nSPS) is 26.5. The van der Waals surface area contributed by atoms with Gasteiger partial charge in [-0.3, -0.25) is 0 Å². The number of hydrogen-bond acceptors (Lipinski definition) is 5. The molecule has 9 heteroatoms. The topological polar surface area (TPSA) is 141 Å². The minimum absolute atomic E-state index is 3.13. The lowest BCUT2D eigenvalue weighted by atomic mass is 11.7. The predicted molar refractivity (Wildman–Crippen MR) is 25.7 cm³/mol. The van der Waals surface area contributed by atoms with Gasteiger partial charge in [-0.2, -0.15) is 0 Å². The van der Waals surface area contributed by atoms with Gasteiger partial charge in [0.2, 0.25) is 0 Å². The average Bonchev–Trinajstić information content (AvgIpc) is 1.59. The van der Waals surface area contributed by atoms with E-state index in [1.807, 2.05) is 0 Å². The third-order valence-electron chi connectivity index (χ3n) is 0.584. The van der Waals surface area contributed by atoms with Crippen molar-refractivity contribution in [1.82, 2.24) is 0 Å². The van der Waals surface area contributed by atoms with Crippen LogP contribution in [0, 0.1) is 0 Å². The summed E-state index contributed by atoms with van der Waals surface area (Å²) in [5, 5.41) is 8.07. The quantitative estimate of drug-likeness (QED) is 0.403. The van der Waals surface area contributed by atoms with Gasteiger partial charge in [0.05, 0.1) is 0 Å². The molecule has 0 spiro atoms. The van der Waals surface area contributed by atoms with Crippen molar-refractivity contribution < 1.29 is 33.8 Å². The predicted octanol–water partition coefficient (Wildman–Crippen LogP) is -2.65. The molecule has 0 rings (SSSR count). The van der Waals surface area contributed by atoms with Crippen molar-refractivity contribution in [3.63, 3.8) is 0 Å². The van der Waals surface area contributed by atoms with Gasteiger partial charge >= 0.3 is 0 Å². The molecular formula is CH4O7P2-2. The summed E-state index contributed by atoms with van der Waals surface area (Å²) in [6.45, 7) is 0. The molecule has 62 valence electrons. The first kappa shape index (κ1) is 10.3. The summed E-state index contributed by atoms with van der Waals surface area (Å²) in [7, 11) is -10.8. The highest BCUT2D eigenvalue weighted by Crippen LogP contribution is 2.52. The summed E-state index contributed by atoms with van der Waals surface area (Å²) < 4.78 is 19.6. The smallest absolute Gasteiger partial charge is 0.181 e. The van der Waals surface area contributed by atoms with E-state index in [0.717, 1.165) is 0 Å². The Hall–Kier alpha value is 0.260. The molecule has 10 heavy (non-hydrogen) atoms. The average molecular weight is 190 g/mol. The summed E-state index contributed by atoms with van der Waals surface area (Å²) in [6, 6.07) is 0. The Morgan fingerprint density at radius 3 is 1.30 bits per heavy atom. The lowest BCUT2D eigenvalue weighted by Gasteiger charge is -2.29. The van der Waals surface area contributed by atoms with E-state index in [1.54, 1.807) is 0 Å². The lowest BCUT2D eigenvalue weighted by Crippen LogP contribution is -2.21. The fourth-order valence-corrected chi connectivity index (χ4v) is 1.66. The van der Waals surface area contributed by atoms with Crippen LogP contribution in [0.2, 0.25) is 0 Å². The standard InChI is InChI=1S/CH6O7P2/c2-1(9(3,4)5)10(6,7)8/h1-2H,(H2,3,4,5)(H2,6,7,8)/p-2. The van der Waals surface area contributed by atoms with Gasteiger partial charge in [-0.1, -0.05) is 0 Å². The molecule has 0 aromatic carbocycles. The van der Waals surface area contributed by atoms with Crippen LogP contribution in [0.25, 0.3) is 0 Å². The van der Waals surface area contributed by atoms with E-state index < -0.39 is 20.8 Å². The minimum Gasteiger partial charge on any atom is -0.776 e. The first-order valence-electron chi connectivity index (χ1n) is 1.90. The van der Waals surface area contributed by atoms with Crippen LogP contribution < -0.4 is 9.79 Å². The highest BCUT2D eigenvalue weighted by molar-refractivity contribution is 7.69. The Morgan fingerprint density at radius 2 is 1.30 bits per heavy atom. The van der Waals surface area contributed by atoms with E-state index in [2.05, 4.69) is 0 Å². The Kier molecular flexibility index (Phi) is 2.78. The van der Waals surface area contributed by atoms with Gasteiger partial charge in [-0.05, 0) is 0 Å². The zero-order valence-electron chi connectivity index (χ0n) is 4.45. The number of aliphatic hydroxyl groups is 1. The highest BCUT2D eigenvalue weighted by atomic mass is 31.2. The SMILES string of the molecule is O=P([O-])(O)C(O)P(=O)([O-])O. The first-order chi connectivity index (χ1) is 4.15. The molecule has 0 fully saturated rings. The first-order valence-corrected chi connectivity index (χ1v) is 5.20. The monoisotopic (exact) mass is 190 g/mol. The minimum atomic E-state index is -5.40. The summed E-state index contributed by atoms with van der Waals surface area (Å²) >= 11 is 0. The van der Waals surface area contributed by atoms with Crippen molar-refractivity contribution in [2.24, 2.45) is 0 Å². The Balaban J connectivity index is 4.56. The van der Waals surface area contributed by atoms with Gasteiger partial charge in [0.1, 0.15) is 0 Å². The Labute approximate surface area is 55.6 Å². The summed E-state index contributed by atoms with van der Waals surface area (Å²) in [4.78, 5) is 35.2. The summed E-state index contributed by atoms with van der Waals surface area (Å²) in [5.41, 5.74) is -3.13. The van der Waals surface area contributed by atoms with Gasteiger partial charge in [-0.15, -0.1) is 0 Å². The fourth-order valence-electron chi connectivity index (χ4n) is 0.184. The molecule has 2 atom stereocenters. The third-order valence-corrected chi connectivity index (χ3v) is 3.50. The van der Waals surface area contributed by atoms with E-state index in [4.69, 9.17) is 14.9 Å². The number of aliphatic hydroxyl groups excluding tert-OH is 1. The van der Waals surface area contributed by atoms with Crippen LogP contribution in [-0.2, 0) is 9.13 Å². The molecule has 0 saturated heterocycles. The van der Waals surface area contributed by atoms with Crippen LogP contribution in [0.15, 0.2) is 0 Å². The van der Waals surface area contributed by atoms with Gasteiger partial charge in [0, 0.05) is 0 Å². The molecule has 0 aromatic rings. The van der Waals surface area contributed by atoms with E-state index >= 15 is 0 Å². The molecule has 0 saturated carbocycles. The maximum atomic E-state index is 9.78. The molecular weight excluding hydrogens is 186 g/mol. The lowest BCUT2D eigenvalue weighted by molar-refractivity contribution is -0.215. The van der Waals surface area contributed by atoms with Crippen LogP contribution in [-0.4, -0.2) is 20.5 Å². The Bertz CT molecular complexity index is 174. The van der Waals surface area contributed by atoms with Crippen molar-refractivity contribution in [2.45, 2.75) is 5.59 Å². The molecule has 3 N–H and O–H groups in total. The number of hydrogen-bond donors (Lipinski definition) is 3. The molecule has 0 aliphatic rings. The van der Waals surface area contributed by atoms with Crippen LogP contribution in [0.1, 0.15) is 0 Å². The van der Waals surface area contributed by atoms with Gasteiger partial charge < -0.3 is 33.8 Å². The zero-order valence-corrected chi connectivity index (χ0v) is 6.24. The van der Waals surface area contributed by atoms with Crippen molar-refractivity contribution in [2.75, 3.05) is 0 Å².